The molecule has 1 atom stereocenters. The number of nitrogens with one attached hydrogen (secondary N) is 3. The van der Waals surface area contributed by atoms with E-state index in [1.807, 2.05) is 20.8 Å². The van der Waals surface area contributed by atoms with Crippen LogP contribution in [0.15, 0.2) is 48.5 Å². The Kier molecular flexibility index (Phi) is 9.47. The number of aliphatic hydroxyl groups is 1. The Morgan fingerprint density at radius 2 is 1.77 bits per heavy atom. The predicted octanol–water partition coefficient (Wildman–Crippen LogP) is 5.49. The summed E-state index contributed by atoms with van der Waals surface area (Å²) in [4.78, 5) is 17.9. The number of alkyl halides is 3. The Morgan fingerprint density at radius 1 is 1.13 bits per heavy atom. The molecule has 2 aromatic carbocycles. The number of amidine groups is 1. The molecule has 0 aliphatic carbocycles. The quantitative estimate of drug-likeness (QED) is 0.206. The Morgan fingerprint density at radius 3 is 2.36 bits per heavy atom. The Hall–Kier alpha value is -3.35. The maximum absolute atomic E-state index is 13.1. The average Bonchev–Trinajstić information content (AvgIpc) is 3.26. The number of rotatable bonds is 8. The fourth-order valence-electron chi connectivity index (χ4n) is 3.25. The molecule has 0 fully saturated rings. The first-order valence-corrected chi connectivity index (χ1v) is 12.5. The van der Waals surface area contributed by atoms with E-state index in [0.717, 1.165) is 0 Å². The van der Waals surface area contributed by atoms with Gasteiger partial charge in [-0.15, -0.1) is 5.10 Å². The lowest BCUT2D eigenvalue weighted by atomic mass is 9.97. The molecular weight excluding hydrogens is 558 g/mol. The van der Waals surface area contributed by atoms with E-state index in [1.54, 1.807) is 24.3 Å². The summed E-state index contributed by atoms with van der Waals surface area (Å²) in [5, 5.41) is 28.8. The number of hydrogen-bond acceptors (Lipinski definition) is 6. The number of aromatic nitrogens is 3. The van der Waals surface area contributed by atoms with Crippen LogP contribution in [0.2, 0.25) is 10.0 Å². The second-order valence-electron chi connectivity index (χ2n) is 9.81. The molecule has 4 N–H and O–H groups in total. The van der Waals surface area contributed by atoms with Crippen LogP contribution in [0.1, 0.15) is 32.2 Å². The third kappa shape index (κ3) is 8.32. The number of anilines is 1. The summed E-state index contributed by atoms with van der Waals surface area (Å²) in [6.07, 6.45) is -7.87. The zero-order valence-corrected chi connectivity index (χ0v) is 22.9. The number of urea groups is 1. The van der Waals surface area contributed by atoms with E-state index in [0.29, 0.717) is 33.1 Å². The van der Waals surface area contributed by atoms with Crippen LogP contribution in [0, 0.1) is 10.8 Å². The number of nitrogens with zero attached hydrogens (tertiary/aromatic N) is 4. The Balaban J connectivity index is 1.85. The summed E-state index contributed by atoms with van der Waals surface area (Å²) < 4.78 is 40.8. The van der Waals surface area contributed by atoms with Crippen molar-refractivity contribution in [3.8, 4) is 5.69 Å². The van der Waals surface area contributed by atoms with Crippen LogP contribution in [0.4, 0.5) is 23.9 Å². The SMILES string of the molecule is CC(C)(C)CNc1nc(CNC(=O)N(C[C@H](O)C(F)(F)F)C(=N)c2ccc(Cl)cc2)nn1-c1ccccc1Cl. The number of halogens is 5. The lowest BCUT2D eigenvalue weighted by molar-refractivity contribution is -0.204. The molecule has 0 saturated heterocycles. The number of carbonyl (C=O) groups is 1. The van der Waals surface area contributed by atoms with E-state index in [-0.39, 0.29) is 23.3 Å². The van der Waals surface area contributed by atoms with E-state index in [1.165, 1.54) is 28.9 Å². The largest absolute Gasteiger partial charge is 0.416 e. The first-order valence-electron chi connectivity index (χ1n) is 11.7. The van der Waals surface area contributed by atoms with E-state index in [2.05, 4.69) is 20.7 Å². The molecule has 0 saturated carbocycles. The summed E-state index contributed by atoms with van der Waals surface area (Å²) in [5.41, 5.74) is 0.548. The molecule has 0 spiro atoms. The molecule has 2 amide bonds. The first-order chi connectivity index (χ1) is 18.2. The molecule has 1 aromatic heterocycles. The highest BCUT2D eigenvalue weighted by Gasteiger charge is 2.41. The molecule has 1 heterocycles. The van der Waals surface area contributed by atoms with Crippen LogP contribution in [0.5, 0.6) is 0 Å². The Bertz CT molecular complexity index is 1310. The van der Waals surface area contributed by atoms with E-state index < -0.39 is 30.7 Å². The van der Waals surface area contributed by atoms with E-state index in [4.69, 9.17) is 28.6 Å². The first kappa shape index (κ1) is 30.2. The normalized spacial score (nSPS) is 12.6. The van der Waals surface area contributed by atoms with Gasteiger partial charge in [0.15, 0.2) is 11.9 Å². The highest BCUT2D eigenvalue weighted by Crippen LogP contribution is 2.24. The minimum Gasteiger partial charge on any atom is -0.382 e. The van der Waals surface area contributed by atoms with Gasteiger partial charge in [-0.25, -0.2) is 4.79 Å². The van der Waals surface area contributed by atoms with Crippen LogP contribution >= 0.6 is 23.2 Å². The number of amides is 2. The summed E-state index contributed by atoms with van der Waals surface area (Å²) in [7, 11) is 0. The zero-order valence-electron chi connectivity index (χ0n) is 21.4. The second-order valence-corrected chi connectivity index (χ2v) is 10.7. The van der Waals surface area contributed by atoms with Gasteiger partial charge in [-0.2, -0.15) is 22.8 Å². The van der Waals surface area contributed by atoms with Gasteiger partial charge in [0, 0.05) is 17.1 Å². The lowest BCUT2D eigenvalue weighted by Crippen LogP contribution is -2.50. The second kappa shape index (κ2) is 12.2. The Labute approximate surface area is 233 Å². The minimum absolute atomic E-state index is 0.104. The molecule has 0 bridgehead atoms. The summed E-state index contributed by atoms with van der Waals surface area (Å²) >= 11 is 12.2. The van der Waals surface area contributed by atoms with Gasteiger partial charge in [-0.3, -0.25) is 10.3 Å². The van der Waals surface area contributed by atoms with Gasteiger partial charge in [0.25, 0.3) is 0 Å². The maximum atomic E-state index is 13.1. The van der Waals surface area contributed by atoms with Gasteiger partial charge < -0.3 is 15.7 Å². The van der Waals surface area contributed by atoms with Gasteiger partial charge in [0.1, 0.15) is 5.84 Å². The molecule has 0 aliphatic heterocycles. The minimum atomic E-state index is -5.00. The van der Waals surface area contributed by atoms with Crippen molar-refractivity contribution in [3.05, 3.63) is 70.0 Å². The smallest absolute Gasteiger partial charge is 0.382 e. The van der Waals surface area contributed by atoms with Crippen LogP contribution in [-0.2, 0) is 6.54 Å². The molecule has 9 nitrogen and oxygen atoms in total. The number of aliphatic hydroxyl groups excluding tert-OH is 1. The van der Waals surface area contributed by atoms with Crippen molar-refractivity contribution in [2.75, 3.05) is 18.4 Å². The van der Waals surface area contributed by atoms with Crippen LogP contribution in [-0.4, -0.2) is 62.0 Å². The fraction of sp³-hybridized carbons (Fsp3) is 0.360. The fourth-order valence-corrected chi connectivity index (χ4v) is 3.59. The molecule has 3 rings (SSSR count). The number of carbonyl (C=O) groups excluding carboxylic acids is 1. The number of benzene rings is 2. The van der Waals surface area contributed by atoms with Gasteiger partial charge in [-0.1, -0.05) is 56.1 Å². The van der Waals surface area contributed by atoms with Gasteiger partial charge in [-0.05, 0) is 41.8 Å². The van der Waals surface area contributed by atoms with Gasteiger partial charge in [0.05, 0.1) is 23.8 Å². The standard InChI is InChI=1S/C25H28Cl2F3N7O2/c1-24(2,3)14-33-22-34-20(35-37(22)18-7-5-4-6-17(18)27)12-32-23(39)36(13-19(38)25(28,29)30)21(31)15-8-10-16(26)11-9-15/h4-11,19,31,38H,12-14H2,1-3H3,(H,32,39)(H,33,34,35)/t19-/m0/s1. The highest BCUT2D eigenvalue weighted by atomic mass is 35.5. The van der Waals surface area contributed by atoms with Crippen LogP contribution < -0.4 is 10.6 Å². The summed E-state index contributed by atoms with van der Waals surface area (Å²) in [5.74, 6) is -0.0795. The molecule has 0 aliphatic rings. The summed E-state index contributed by atoms with van der Waals surface area (Å²) in [6, 6.07) is 11.5. The lowest BCUT2D eigenvalue weighted by Gasteiger charge is -2.26. The van der Waals surface area contributed by atoms with Crippen molar-refractivity contribution in [2.24, 2.45) is 5.41 Å². The van der Waals surface area contributed by atoms with Crippen molar-refractivity contribution in [2.45, 2.75) is 39.6 Å². The van der Waals surface area contributed by atoms with Gasteiger partial charge in [0.2, 0.25) is 5.95 Å². The average molecular weight is 586 g/mol. The summed E-state index contributed by atoms with van der Waals surface area (Å²) in [6.45, 7) is 5.12. The zero-order chi connectivity index (χ0) is 29.0. The molecule has 14 heteroatoms. The van der Waals surface area contributed by atoms with Crippen LogP contribution in [0.25, 0.3) is 5.69 Å². The van der Waals surface area contributed by atoms with Gasteiger partial charge >= 0.3 is 12.2 Å². The van der Waals surface area contributed by atoms with Crippen molar-refractivity contribution < 1.29 is 23.1 Å². The predicted molar refractivity (Wildman–Crippen MR) is 144 cm³/mol. The third-order valence-electron chi connectivity index (χ3n) is 5.27. The highest BCUT2D eigenvalue weighted by molar-refractivity contribution is 6.32. The molecule has 39 heavy (non-hydrogen) atoms. The van der Waals surface area contributed by atoms with Crippen LogP contribution in [0.3, 0.4) is 0 Å². The molecular formula is C25H28Cl2F3N7O2. The molecule has 0 unspecified atom stereocenters. The topological polar surface area (TPSA) is 119 Å². The molecule has 3 aromatic rings. The van der Waals surface area contributed by atoms with E-state index in [9.17, 15) is 23.1 Å². The van der Waals surface area contributed by atoms with Crippen molar-refractivity contribution >= 4 is 41.0 Å². The number of para-hydroxylation sites is 1. The van der Waals surface area contributed by atoms with Crippen molar-refractivity contribution in [1.29, 1.82) is 5.41 Å². The molecule has 0 radical (unpaired) electrons. The third-order valence-corrected chi connectivity index (χ3v) is 5.84. The molecule has 210 valence electrons. The van der Waals surface area contributed by atoms with Crippen molar-refractivity contribution in [1.82, 2.24) is 25.0 Å². The monoisotopic (exact) mass is 585 g/mol. The van der Waals surface area contributed by atoms with Crippen molar-refractivity contribution in [3.63, 3.8) is 0 Å². The maximum Gasteiger partial charge on any atom is 0.416 e. The number of hydrogen-bond donors (Lipinski definition) is 4. The van der Waals surface area contributed by atoms with E-state index >= 15 is 0 Å².